The molecule has 6 nitrogen and oxygen atoms in total. The highest BCUT2D eigenvalue weighted by Crippen LogP contribution is 2.68. The molecule has 2 heterocycles. The molecule has 3 aliphatic rings. The molecule has 6 rings (SSSR count). The molecule has 1 aliphatic carbocycles. The first-order chi connectivity index (χ1) is 18.1. The van der Waals surface area contributed by atoms with Crippen molar-refractivity contribution in [1.82, 2.24) is 0 Å². The van der Waals surface area contributed by atoms with Gasteiger partial charge in [0.2, 0.25) is 17.7 Å². The maximum atomic E-state index is 14.6. The van der Waals surface area contributed by atoms with Crippen LogP contribution in [0, 0.1) is 31.1 Å². The number of hydrogen-bond donors (Lipinski definition) is 0. The number of rotatable bonds is 3. The third-order valence-corrected chi connectivity index (χ3v) is 9.33. The zero-order valence-corrected chi connectivity index (χ0v) is 22.4. The van der Waals surface area contributed by atoms with Crippen molar-refractivity contribution >= 4 is 46.5 Å². The topological polar surface area (TPSA) is 74.8 Å². The Hall–Kier alpha value is -3.77. The third kappa shape index (κ3) is 2.79. The van der Waals surface area contributed by atoms with Crippen molar-refractivity contribution < 1.29 is 19.2 Å². The van der Waals surface area contributed by atoms with E-state index < -0.39 is 28.6 Å². The largest absolute Gasteiger partial charge is 0.314 e. The molecule has 0 radical (unpaired) electrons. The minimum atomic E-state index is -1.54. The standard InChI is InChI=1S/C31H27ClN2O4/c1-17-9-7-10-18(2)25(17)34-27(36)23-16-22(26(35)19-11-8-12-20(32)15-19)31(30(23,3)28(34)37)21-13-5-6-14-24(21)33(4)29(31)38/h5-15,22-23H,16H2,1-4H3/t22-,23+,30+,31-/m1/s1. The fraction of sp³-hybridized carbons (Fsp3) is 0.290. The van der Waals surface area contributed by atoms with E-state index in [4.69, 9.17) is 11.6 Å². The van der Waals surface area contributed by atoms with Crippen molar-refractivity contribution in [3.63, 3.8) is 0 Å². The van der Waals surface area contributed by atoms with Crippen LogP contribution in [-0.2, 0) is 19.8 Å². The Kier molecular flexibility index (Phi) is 5.24. The van der Waals surface area contributed by atoms with Gasteiger partial charge in [0, 0.05) is 29.2 Å². The molecule has 0 unspecified atom stereocenters. The van der Waals surface area contributed by atoms with E-state index in [-0.39, 0.29) is 24.0 Å². The van der Waals surface area contributed by atoms with E-state index in [0.717, 1.165) is 11.1 Å². The summed E-state index contributed by atoms with van der Waals surface area (Å²) in [7, 11) is 1.66. The highest BCUT2D eigenvalue weighted by molar-refractivity contribution is 6.31. The second kappa shape index (κ2) is 8.11. The number of halogens is 1. The van der Waals surface area contributed by atoms with Crippen LogP contribution in [0.4, 0.5) is 11.4 Å². The molecule has 0 N–H and O–H groups in total. The first-order valence-corrected chi connectivity index (χ1v) is 13.1. The fourth-order valence-electron chi connectivity index (χ4n) is 7.38. The highest BCUT2D eigenvalue weighted by atomic mass is 35.5. The molecule has 2 aliphatic heterocycles. The zero-order valence-electron chi connectivity index (χ0n) is 21.6. The van der Waals surface area contributed by atoms with Crippen molar-refractivity contribution in [2.45, 2.75) is 32.6 Å². The van der Waals surface area contributed by atoms with Gasteiger partial charge in [0.25, 0.3) is 0 Å². The van der Waals surface area contributed by atoms with Gasteiger partial charge in [-0.25, -0.2) is 4.90 Å². The molecular formula is C31H27ClN2O4. The van der Waals surface area contributed by atoms with Gasteiger partial charge in [0.15, 0.2) is 5.78 Å². The molecule has 4 atom stereocenters. The SMILES string of the molecule is Cc1cccc(C)c1N1C(=O)[C@@H]2C[C@H](C(=O)c3cccc(Cl)c3)[C@]3(C(=O)N(C)c4ccccc43)[C@]2(C)C1=O. The van der Waals surface area contributed by atoms with Crippen LogP contribution in [0.2, 0.25) is 5.02 Å². The van der Waals surface area contributed by atoms with Crippen LogP contribution in [0.3, 0.4) is 0 Å². The summed E-state index contributed by atoms with van der Waals surface area (Å²) in [5, 5.41) is 0.401. The van der Waals surface area contributed by atoms with Crippen LogP contribution in [-0.4, -0.2) is 30.6 Å². The predicted molar refractivity (Wildman–Crippen MR) is 145 cm³/mol. The first kappa shape index (κ1) is 24.6. The van der Waals surface area contributed by atoms with Gasteiger partial charge >= 0.3 is 0 Å². The number of Topliss-reactive ketones (excluding diaryl/α,β-unsaturated/α-hetero) is 1. The van der Waals surface area contributed by atoms with Crippen LogP contribution >= 0.6 is 11.6 Å². The van der Waals surface area contributed by atoms with Crippen LogP contribution in [0.5, 0.6) is 0 Å². The average Bonchev–Trinajstić information content (AvgIpc) is 3.38. The van der Waals surface area contributed by atoms with Gasteiger partial charge in [-0.15, -0.1) is 0 Å². The fourth-order valence-corrected chi connectivity index (χ4v) is 7.57. The molecule has 3 amide bonds. The monoisotopic (exact) mass is 526 g/mol. The summed E-state index contributed by atoms with van der Waals surface area (Å²) in [6.45, 7) is 5.44. The average molecular weight is 527 g/mol. The van der Waals surface area contributed by atoms with Crippen LogP contribution < -0.4 is 9.80 Å². The molecule has 2 fully saturated rings. The first-order valence-electron chi connectivity index (χ1n) is 12.7. The van der Waals surface area contributed by atoms with Gasteiger partial charge in [-0.3, -0.25) is 19.2 Å². The molecule has 3 aromatic rings. The van der Waals surface area contributed by atoms with E-state index in [0.29, 0.717) is 27.5 Å². The maximum absolute atomic E-state index is 14.6. The lowest BCUT2D eigenvalue weighted by atomic mass is 9.57. The summed E-state index contributed by atoms with van der Waals surface area (Å²) in [6, 6.07) is 19.5. The van der Waals surface area contributed by atoms with E-state index in [1.165, 1.54) is 9.80 Å². The molecule has 3 aromatic carbocycles. The van der Waals surface area contributed by atoms with E-state index >= 15 is 0 Å². The zero-order chi connectivity index (χ0) is 27.1. The lowest BCUT2D eigenvalue weighted by molar-refractivity contribution is -0.138. The number of imide groups is 1. The maximum Gasteiger partial charge on any atom is 0.241 e. The van der Waals surface area contributed by atoms with E-state index in [1.54, 1.807) is 38.2 Å². The normalized spacial score (nSPS) is 27.9. The van der Waals surface area contributed by atoms with E-state index in [9.17, 15) is 19.2 Å². The Morgan fingerprint density at radius 3 is 2.26 bits per heavy atom. The molecule has 0 aromatic heterocycles. The Bertz CT molecular complexity index is 1560. The Morgan fingerprint density at radius 2 is 1.58 bits per heavy atom. The number of carbonyl (C=O) groups excluding carboxylic acids is 4. The Balaban J connectivity index is 1.62. The van der Waals surface area contributed by atoms with Gasteiger partial charge in [-0.1, -0.05) is 60.1 Å². The number of amides is 3. The number of carbonyl (C=O) groups is 4. The van der Waals surface area contributed by atoms with E-state index in [1.807, 2.05) is 56.3 Å². The van der Waals surface area contributed by atoms with Gasteiger partial charge in [-0.2, -0.15) is 0 Å². The van der Waals surface area contributed by atoms with Crippen LogP contribution in [0.1, 0.15) is 40.4 Å². The Labute approximate surface area is 226 Å². The second-order valence-electron chi connectivity index (χ2n) is 10.8. The number of para-hydroxylation sites is 2. The predicted octanol–water partition coefficient (Wildman–Crippen LogP) is 5.27. The molecule has 38 heavy (non-hydrogen) atoms. The lowest BCUT2D eigenvalue weighted by Gasteiger charge is -2.41. The minimum Gasteiger partial charge on any atom is -0.314 e. The Morgan fingerprint density at radius 1 is 0.921 bits per heavy atom. The summed E-state index contributed by atoms with van der Waals surface area (Å²) in [4.78, 5) is 60.2. The molecule has 7 heteroatoms. The number of nitrogens with zero attached hydrogens (tertiary/aromatic N) is 2. The molecule has 1 spiro atoms. The summed E-state index contributed by atoms with van der Waals surface area (Å²) in [6.07, 6.45) is 0.0851. The number of ketones is 1. The summed E-state index contributed by atoms with van der Waals surface area (Å²) >= 11 is 6.22. The van der Waals surface area contributed by atoms with Crippen LogP contribution in [0.15, 0.2) is 66.7 Å². The number of benzene rings is 3. The number of likely N-dealkylation sites (N-methyl/N-ethyl adjacent to an activating group) is 1. The highest BCUT2D eigenvalue weighted by Gasteiger charge is 2.80. The third-order valence-electron chi connectivity index (χ3n) is 9.10. The van der Waals surface area contributed by atoms with E-state index in [2.05, 4.69) is 0 Å². The number of anilines is 2. The molecule has 1 saturated heterocycles. The van der Waals surface area contributed by atoms with Gasteiger partial charge in [0.05, 0.1) is 17.0 Å². The smallest absolute Gasteiger partial charge is 0.241 e. The minimum absolute atomic E-state index is 0.0851. The quantitative estimate of drug-likeness (QED) is 0.344. The number of aryl methyl sites for hydroxylation is 2. The van der Waals surface area contributed by atoms with Crippen molar-refractivity contribution in [3.05, 3.63) is 94.0 Å². The summed E-state index contributed by atoms with van der Waals surface area (Å²) < 4.78 is 0. The molecule has 1 saturated carbocycles. The molecular weight excluding hydrogens is 500 g/mol. The van der Waals surface area contributed by atoms with Crippen molar-refractivity contribution in [3.8, 4) is 0 Å². The summed E-state index contributed by atoms with van der Waals surface area (Å²) in [5.74, 6) is -3.19. The van der Waals surface area contributed by atoms with Crippen molar-refractivity contribution in [2.75, 3.05) is 16.8 Å². The number of hydrogen-bond acceptors (Lipinski definition) is 4. The van der Waals surface area contributed by atoms with Crippen molar-refractivity contribution in [2.24, 2.45) is 17.3 Å². The number of fused-ring (bicyclic) bond motifs is 4. The lowest BCUT2D eigenvalue weighted by Crippen LogP contribution is -2.57. The summed E-state index contributed by atoms with van der Waals surface area (Å²) in [5.41, 5.74) is 0.763. The van der Waals surface area contributed by atoms with Gasteiger partial charge < -0.3 is 4.90 Å². The van der Waals surface area contributed by atoms with Gasteiger partial charge in [-0.05, 0) is 62.1 Å². The van der Waals surface area contributed by atoms with Crippen LogP contribution in [0.25, 0.3) is 0 Å². The molecule has 192 valence electrons. The van der Waals surface area contributed by atoms with Crippen molar-refractivity contribution in [1.29, 1.82) is 0 Å². The molecule has 0 bridgehead atoms. The second-order valence-corrected chi connectivity index (χ2v) is 11.3. The van der Waals surface area contributed by atoms with Gasteiger partial charge in [0.1, 0.15) is 5.41 Å².